The summed E-state index contributed by atoms with van der Waals surface area (Å²) in [5.74, 6) is 0.355. The molecule has 20 heavy (non-hydrogen) atoms. The smallest absolute Gasteiger partial charge is 0.290 e. The Bertz CT molecular complexity index is 614. The molecule has 0 aromatic carbocycles. The molecule has 5 nitrogen and oxygen atoms in total. The summed E-state index contributed by atoms with van der Waals surface area (Å²) in [6.07, 6.45) is 3.53. The van der Waals surface area contributed by atoms with Crippen molar-refractivity contribution in [2.45, 2.75) is 13.0 Å². The Kier molecular flexibility index (Phi) is 3.36. The van der Waals surface area contributed by atoms with E-state index in [-0.39, 0.29) is 11.9 Å². The van der Waals surface area contributed by atoms with Gasteiger partial charge in [-0.15, -0.1) is 0 Å². The maximum Gasteiger partial charge on any atom is 0.290 e. The van der Waals surface area contributed by atoms with Crippen molar-refractivity contribution in [1.82, 2.24) is 9.47 Å². The SMILES string of the molecule is Cc1ccoc1C(=O)N1CCOCC1c1cccn1C. The molecule has 1 fully saturated rings. The predicted octanol–water partition coefficient (Wildman–Crippen LogP) is 2.14. The van der Waals surface area contributed by atoms with E-state index in [1.807, 2.05) is 47.8 Å². The largest absolute Gasteiger partial charge is 0.459 e. The lowest BCUT2D eigenvalue weighted by Crippen LogP contribution is -2.44. The van der Waals surface area contributed by atoms with Crippen LogP contribution in [-0.2, 0) is 11.8 Å². The molecule has 0 spiro atoms. The normalized spacial score (nSPS) is 19.3. The number of aryl methyl sites for hydroxylation is 2. The number of ether oxygens (including phenoxy) is 1. The zero-order chi connectivity index (χ0) is 14.1. The second-order valence-corrected chi connectivity index (χ2v) is 5.07. The van der Waals surface area contributed by atoms with Crippen molar-refractivity contribution < 1.29 is 13.9 Å². The first-order valence-corrected chi connectivity index (χ1v) is 6.72. The number of carbonyl (C=O) groups excluding carboxylic acids is 1. The Labute approximate surface area is 117 Å². The van der Waals surface area contributed by atoms with Crippen LogP contribution >= 0.6 is 0 Å². The van der Waals surface area contributed by atoms with Crippen LogP contribution in [0, 0.1) is 6.92 Å². The van der Waals surface area contributed by atoms with E-state index in [2.05, 4.69) is 0 Å². The molecular weight excluding hydrogens is 256 g/mol. The topological polar surface area (TPSA) is 47.6 Å². The molecule has 2 aromatic rings. The second kappa shape index (κ2) is 5.17. The van der Waals surface area contributed by atoms with E-state index in [0.29, 0.717) is 25.5 Å². The third-order valence-corrected chi connectivity index (χ3v) is 3.77. The minimum Gasteiger partial charge on any atom is -0.459 e. The highest BCUT2D eigenvalue weighted by molar-refractivity contribution is 5.93. The Morgan fingerprint density at radius 3 is 2.90 bits per heavy atom. The Balaban J connectivity index is 1.92. The fourth-order valence-corrected chi connectivity index (χ4v) is 2.63. The van der Waals surface area contributed by atoms with Gasteiger partial charge < -0.3 is 18.6 Å². The number of amides is 1. The molecule has 5 heteroatoms. The van der Waals surface area contributed by atoms with Gasteiger partial charge in [0.15, 0.2) is 5.76 Å². The van der Waals surface area contributed by atoms with Crippen LogP contribution in [0.2, 0.25) is 0 Å². The minimum atomic E-state index is -0.0688. The highest BCUT2D eigenvalue weighted by Crippen LogP contribution is 2.27. The third kappa shape index (κ3) is 2.14. The molecule has 3 heterocycles. The number of carbonyl (C=O) groups is 1. The van der Waals surface area contributed by atoms with Gasteiger partial charge in [-0.3, -0.25) is 4.79 Å². The van der Waals surface area contributed by atoms with Crippen LogP contribution in [0.1, 0.15) is 27.9 Å². The molecular formula is C15H18N2O3. The van der Waals surface area contributed by atoms with Crippen molar-refractivity contribution in [3.8, 4) is 0 Å². The molecule has 0 N–H and O–H groups in total. The number of rotatable bonds is 2. The molecule has 1 saturated heterocycles. The average molecular weight is 274 g/mol. The molecule has 1 aliphatic heterocycles. The van der Waals surface area contributed by atoms with Crippen LogP contribution in [0.5, 0.6) is 0 Å². The van der Waals surface area contributed by atoms with E-state index >= 15 is 0 Å². The first-order valence-electron chi connectivity index (χ1n) is 6.72. The van der Waals surface area contributed by atoms with Crippen LogP contribution < -0.4 is 0 Å². The second-order valence-electron chi connectivity index (χ2n) is 5.07. The van der Waals surface area contributed by atoms with Crippen molar-refractivity contribution in [1.29, 1.82) is 0 Å². The van der Waals surface area contributed by atoms with Gasteiger partial charge in [0.1, 0.15) is 0 Å². The molecule has 2 aromatic heterocycles. The highest BCUT2D eigenvalue weighted by atomic mass is 16.5. The molecule has 0 saturated carbocycles. The molecule has 0 radical (unpaired) electrons. The molecule has 1 unspecified atom stereocenters. The van der Waals surface area contributed by atoms with Gasteiger partial charge in [0.25, 0.3) is 5.91 Å². The lowest BCUT2D eigenvalue weighted by Gasteiger charge is -2.35. The molecule has 1 aliphatic rings. The molecule has 106 valence electrons. The number of hydrogen-bond acceptors (Lipinski definition) is 3. The summed E-state index contributed by atoms with van der Waals surface area (Å²) in [4.78, 5) is 14.5. The van der Waals surface area contributed by atoms with Gasteiger partial charge in [0.2, 0.25) is 0 Å². The van der Waals surface area contributed by atoms with Crippen LogP contribution in [-0.4, -0.2) is 35.1 Å². The minimum absolute atomic E-state index is 0.0676. The van der Waals surface area contributed by atoms with Gasteiger partial charge in [-0.05, 0) is 25.1 Å². The molecule has 0 aliphatic carbocycles. The van der Waals surface area contributed by atoms with Crippen molar-refractivity contribution in [2.24, 2.45) is 7.05 Å². The van der Waals surface area contributed by atoms with Gasteiger partial charge >= 0.3 is 0 Å². The average Bonchev–Trinajstić information content (AvgIpc) is 3.06. The first kappa shape index (κ1) is 13.0. The summed E-state index contributed by atoms with van der Waals surface area (Å²) >= 11 is 0. The maximum atomic E-state index is 12.7. The fourth-order valence-electron chi connectivity index (χ4n) is 2.63. The zero-order valence-electron chi connectivity index (χ0n) is 11.7. The molecule has 1 amide bonds. The van der Waals surface area contributed by atoms with E-state index in [9.17, 15) is 4.79 Å². The number of furan rings is 1. The number of nitrogens with zero attached hydrogens (tertiary/aromatic N) is 2. The number of morpholine rings is 1. The summed E-state index contributed by atoms with van der Waals surface area (Å²) in [7, 11) is 1.98. The first-order chi connectivity index (χ1) is 9.68. The van der Waals surface area contributed by atoms with Crippen molar-refractivity contribution >= 4 is 5.91 Å². The summed E-state index contributed by atoms with van der Waals surface area (Å²) in [5.41, 5.74) is 1.94. The van der Waals surface area contributed by atoms with Gasteiger partial charge in [-0.25, -0.2) is 0 Å². The van der Waals surface area contributed by atoms with Crippen molar-refractivity contribution in [3.05, 3.63) is 47.7 Å². The van der Waals surface area contributed by atoms with Crippen molar-refractivity contribution in [2.75, 3.05) is 19.8 Å². The quantitative estimate of drug-likeness (QED) is 0.843. The predicted molar refractivity (Wildman–Crippen MR) is 73.5 cm³/mol. The summed E-state index contributed by atoms with van der Waals surface area (Å²) < 4.78 is 12.9. The summed E-state index contributed by atoms with van der Waals surface area (Å²) in [6, 6.07) is 5.74. The third-order valence-electron chi connectivity index (χ3n) is 3.77. The number of hydrogen-bond donors (Lipinski definition) is 0. The van der Waals surface area contributed by atoms with Crippen LogP contribution in [0.3, 0.4) is 0 Å². The Hall–Kier alpha value is -2.01. The van der Waals surface area contributed by atoms with Gasteiger partial charge in [0, 0.05) is 31.0 Å². The molecule has 1 atom stereocenters. The van der Waals surface area contributed by atoms with E-state index in [1.165, 1.54) is 0 Å². The van der Waals surface area contributed by atoms with E-state index in [1.54, 1.807) is 6.26 Å². The van der Waals surface area contributed by atoms with Crippen molar-refractivity contribution in [3.63, 3.8) is 0 Å². The van der Waals surface area contributed by atoms with E-state index in [0.717, 1.165) is 11.3 Å². The van der Waals surface area contributed by atoms with Crippen LogP contribution in [0.15, 0.2) is 35.1 Å². The van der Waals surface area contributed by atoms with E-state index in [4.69, 9.17) is 9.15 Å². The Morgan fingerprint density at radius 2 is 2.25 bits per heavy atom. The molecule has 0 bridgehead atoms. The van der Waals surface area contributed by atoms with E-state index < -0.39 is 0 Å². The van der Waals surface area contributed by atoms with Gasteiger partial charge in [0.05, 0.1) is 25.5 Å². The van der Waals surface area contributed by atoms with Crippen LogP contribution in [0.25, 0.3) is 0 Å². The molecule has 3 rings (SSSR count). The van der Waals surface area contributed by atoms with Gasteiger partial charge in [-0.1, -0.05) is 0 Å². The fraction of sp³-hybridized carbons (Fsp3) is 0.400. The van der Waals surface area contributed by atoms with Gasteiger partial charge in [-0.2, -0.15) is 0 Å². The zero-order valence-corrected chi connectivity index (χ0v) is 11.7. The lowest BCUT2D eigenvalue weighted by molar-refractivity contribution is -0.00622. The highest BCUT2D eigenvalue weighted by Gasteiger charge is 2.32. The monoisotopic (exact) mass is 274 g/mol. The summed E-state index contributed by atoms with van der Waals surface area (Å²) in [6.45, 7) is 3.54. The lowest BCUT2D eigenvalue weighted by atomic mass is 10.1. The number of aromatic nitrogens is 1. The Morgan fingerprint density at radius 1 is 1.40 bits per heavy atom. The standard InChI is InChI=1S/C15H18N2O3/c1-11-5-8-20-14(11)15(18)17-7-9-19-10-13(17)12-4-3-6-16(12)2/h3-6,8,13H,7,9-10H2,1-2H3. The van der Waals surface area contributed by atoms with Crippen LogP contribution in [0.4, 0.5) is 0 Å². The maximum absolute atomic E-state index is 12.7. The summed E-state index contributed by atoms with van der Waals surface area (Å²) in [5, 5.41) is 0.